The first kappa shape index (κ1) is 17.6. The van der Waals surface area contributed by atoms with Crippen LogP contribution in [0.4, 0.5) is 5.13 Å². The highest BCUT2D eigenvalue weighted by molar-refractivity contribution is 7.96. The zero-order valence-electron chi connectivity index (χ0n) is 14.5. The van der Waals surface area contributed by atoms with Gasteiger partial charge in [-0.2, -0.15) is 13.4 Å². The van der Waals surface area contributed by atoms with Gasteiger partial charge >= 0.3 is 0 Å². The minimum atomic E-state index is -3.84. The summed E-state index contributed by atoms with van der Waals surface area (Å²) in [4.78, 5) is 23.4. The quantitative estimate of drug-likeness (QED) is 0.654. The van der Waals surface area contributed by atoms with Crippen molar-refractivity contribution in [3.8, 4) is 11.3 Å². The molecule has 0 amide bonds. The standard InChI is InChI=1S/C17H15N5O3S2/c1-22(2)8-15(18-10-22)27(24,25)21-17-20-14(9-26-17)12-7-11-5-3-4-6-13(11)19-16(12)23/h3-10H,1-2H3,(H-,19,20,21,23)/p+1. The third kappa shape index (κ3) is 3.42. The third-order valence-electron chi connectivity index (χ3n) is 3.96. The molecule has 0 atom stereocenters. The molecule has 3 heterocycles. The molecule has 0 saturated carbocycles. The normalized spacial score (nSPS) is 15.9. The number of hydrogen-bond acceptors (Lipinski definition) is 6. The molecule has 1 aliphatic heterocycles. The highest BCUT2D eigenvalue weighted by atomic mass is 32.2. The lowest BCUT2D eigenvalue weighted by Gasteiger charge is -2.12. The van der Waals surface area contributed by atoms with E-state index in [2.05, 4.69) is 19.7 Å². The van der Waals surface area contributed by atoms with Crippen LogP contribution in [0.3, 0.4) is 0 Å². The number of quaternary nitrogens is 1. The number of aromatic nitrogens is 2. The number of hydrogen-bond donors (Lipinski definition) is 2. The molecular weight excluding hydrogens is 386 g/mol. The number of aliphatic imine (C=N–C) groups is 1. The lowest BCUT2D eigenvalue weighted by molar-refractivity contribution is -0.732. The first-order chi connectivity index (χ1) is 12.7. The van der Waals surface area contributed by atoms with Crippen LogP contribution >= 0.6 is 11.3 Å². The molecule has 0 bridgehead atoms. The molecule has 0 aliphatic carbocycles. The van der Waals surface area contributed by atoms with E-state index < -0.39 is 10.0 Å². The summed E-state index contributed by atoms with van der Waals surface area (Å²) >= 11 is 1.11. The monoisotopic (exact) mass is 402 g/mol. The van der Waals surface area contributed by atoms with Gasteiger partial charge < -0.3 is 4.98 Å². The van der Waals surface area contributed by atoms with Crippen LogP contribution in [0.5, 0.6) is 0 Å². The zero-order chi connectivity index (χ0) is 19.2. The Balaban J connectivity index is 1.66. The van der Waals surface area contributed by atoms with E-state index >= 15 is 0 Å². The van der Waals surface area contributed by atoms with Crippen molar-refractivity contribution in [1.29, 1.82) is 0 Å². The second-order valence-electron chi connectivity index (χ2n) is 6.58. The van der Waals surface area contributed by atoms with E-state index in [1.165, 1.54) is 12.5 Å². The molecule has 0 unspecified atom stereocenters. The van der Waals surface area contributed by atoms with E-state index in [1.54, 1.807) is 25.5 Å². The van der Waals surface area contributed by atoms with Crippen molar-refractivity contribution in [2.45, 2.75) is 0 Å². The van der Waals surface area contributed by atoms with Gasteiger partial charge in [0.25, 0.3) is 15.6 Å². The maximum atomic E-state index is 12.5. The number of pyridine rings is 1. The van der Waals surface area contributed by atoms with Gasteiger partial charge in [0, 0.05) is 10.9 Å². The molecule has 0 spiro atoms. The number of para-hydroxylation sites is 1. The van der Waals surface area contributed by atoms with E-state index in [9.17, 15) is 13.2 Å². The van der Waals surface area contributed by atoms with Crippen molar-refractivity contribution in [3.63, 3.8) is 0 Å². The van der Waals surface area contributed by atoms with Gasteiger partial charge in [-0.15, -0.1) is 11.3 Å². The summed E-state index contributed by atoms with van der Waals surface area (Å²) in [5.41, 5.74) is 1.24. The molecule has 3 aromatic rings. The average molecular weight is 402 g/mol. The number of nitrogens with zero attached hydrogens (tertiary/aromatic N) is 3. The van der Waals surface area contributed by atoms with Crippen LogP contribution in [-0.4, -0.2) is 43.3 Å². The topological polar surface area (TPSA) is 104 Å². The Bertz CT molecular complexity index is 1270. The molecule has 8 nitrogen and oxygen atoms in total. The summed E-state index contributed by atoms with van der Waals surface area (Å²) in [6, 6.07) is 9.16. The molecule has 0 fully saturated rings. The van der Waals surface area contributed by atoms with E-state index in [0.717, 1.165) is 22.2 Å². The maximum absolute atomic E-state index is 12.5. The molecule has 138 valence electrons. The first-order valence-electron chi connectivity index (χ1n) is 7.96. The number of sulfonamides is 1. The van der Waals surface area contributed by atoms with Crippen LogP contribution in [0, 0.1) is 0 Å². The van der Waals surface area contributed by atoms with E-state index in [-0.39, 0.29) is 20.2 Å². The lowest BCUT2D eigenvalue weighted by atomic mass is 10.1. The molecule has 1 aliphatic rings. The minimum absolute atomic E-state index is 0.0622. The summed E-state index contributed by atoms with van der Waals surface area (Å²) in [6.07, 6.45) is 3.04. The SMILES string of the molecule is C[N+]1(C)C=NC(S(=O)(=O)Nc2nc(-c3cc4ccccc4[nH]c3=O)cs2)=C1. The Labute approximate surface area is 159 Å². The van der Waals surface area contributed by atoms with Crippen LogP contribution in [0.2, 0.25) is 0 Å². The number of thiazole rings is 1. The molecule has 1 aromatic carbocycles. The summed E-state index contributed by atoms with van der Waals surface area (Å²) in [5, 5.41) is 2.62. The molecule has 0 saturated heterocycles. The second-order valence-corrected chi connectivity index (χ2v) is 9.07. The molecule has 10 heteroatoms. The van der Waals surface area contributed by atoms with Crippen LogP contribution in [0.25, 0.3) is 22.2 Å². The number of fused-ring (bicyclic) bond motifs is 1. The van der Waals surface area contributed by atoms with Gasteiger partial charge in [-0.05, 0) is 17.5 Å². The fraction of sp³-hybridized carbons (Fsp3) is 0.118. The Hall–Kier alpha value is -2.82. The highest BCUT2D eigenvalue weighted by Crippen LogP contribution is 2.27. The third-order valence-corrected chi connectivity index (χ3v) is 6.07. The number of aromatic amines is 1. The zero-order valence-corrected chi connectivity index (χ0v) is 16.1. The lowest BCUT2D eigenvalue weighted by Crippen LogP contribution is -2.28. The van der Waals surface area contributed by atoms with Crippen molar-refractivity contribution in [2.24, 2.45) is 4.99 Å². The van der Waals surface area contributed by atoms with Crippen molar-refractivity contribution < 1.29 is 12.9 Å². The van der Waals surface area contributed by atoms with Crippen molar-refractivity contribution >= 4 is 43.7 Å². The molecule has 4 rings (SSSR count). The Kier molecular flexibility index (Phi) is 3.98. The summed E-state index contributed by atoms with van der Waals surface area (Å²) in [6.45, 7) is 0. The predicted molar refractivity (Wildman–Crippen MR) is 107 cm³/mol. The largest absolute Gasteiger partial charge is 0.321 e. The van der Waals surface area contributed by atoms with Gasteiger partial charge in [0.05, 0.1) is 25.4 Å². The number of nitrogens with one attached hydrogen (secondary N) is 2. The molecule has 27 heavy (non-hydrogen) atoms. The van der Waals surface area contributed by atoms with Gasteiger partial charge in [-0.25, -0.2) is 4.98 Å². The van der Waals surface area contributed by atoms with E-state index in [0.29, 0.717) is 11.3 Å². The van der Waals surface area contributed by atoms with E-state index in [4.69, 9.17) is 0 Å². The van der Waals surface area contributed by atoms with Gasteiger partial charge in [0.15, 0.2) is 11.5 Å². The van der Waals surface area contributed by atoms with Crippen molar-refractivity contribution in [2.75, 3.05) is 18.8 Å². The highest BCUT2D eigenvalue weighted by Gasteiger charge is 2.29. The van der Waals surface area contributed by atoms with Crippen molar-refractivity contribution in [3.05, 3.63) is 57.3 Å². The Morgan fingerprint density at radius 2 is 2.00 bits per heavy atom. The van der Waals surface area contributed by atoms with Crippen LogP contribution in [0.1, 0.15) is 0 Å². The minimum Gasteiger partial charge on any atom is -0.321 e. The smallest absolute Gasteiger partial charge is 0.286 e. The van der Waals surface area contributed by atoms with Crippen LogP contribution < -0.4 is 10.3 Å². The van der Waals surface area contributed by atoms with Gasteiger partial charge in [-0.3, -0.25) is 14.0 Å². The number of benzene rings is 1. The molecule has 2 aromatic heterocycles. The first-order valence-corrected chi connectivity index (χ1v) is 10.3. The summed E-state index contributed by atoms with van der Waals surface area (Å²) in [5.74, 6) is 0. The van der Waals surface area contributed by atoms with Crippen LogP contribution in [-0.2, 0) is 10.0 Å². The Morgan fingerprint density at radius 1 is 1.22 bits per heavy atom. The Morgan fingerprint density at radius 3 is 2.74 bits per heavy atom. The predicted octanol–water partition coefficient (Wildman–Crippen LogP) is 2.31. The maximum Gasteiger partial charge on any atom is 0.286 e. The fourth-order valence-corrected chi connectivity index (χ4v) is 4.70. The molecule has 0 radical (unpaired) electrons. The van der Waals surface area contributed by atoms with Gasteiger partial charge in [0.2, 0.25) is 5.03 Å². The van der Waals surface area contributed by atoms with Gasteiger partial charge in [-0.1, -0.05) is 18.2 Å². The number of anilines is 1. The summed E-state index contributed by atoms with van der Waals surface area (Å²) in [7, 11) is -0.228. The second kappa shape index (κ2) is 6.12. The van der Waals surface area contributed by atoms with Crippen LogP contribution in [0.15, 0.2) is 56.7 Å². The average Bonchev–Trinajstić information content (AvgIpc) is 3.20. The van der Waals surface area contributed by atoms with Gasteiger partial charge in [0.1, 0.15) is 6.20 Å². The number of rotatable bonds is 4. The van der Waals surface area contributed by atoms with Crippen molar-refractivity contribution in [1.82, 2.24) is 9.97 Å². The molecular formula is C17H16N5O3S2+. The number of H-pyrrole nitrogens is 1. The molecule has 2 N–H and O–H groups in total. The van der Waals surface area contributed by atoms with E-state index in [1.807, 2.05) is 24.3 Å². The fourth-order valence-electron chi connectivity index (χ4n) is 2.65. The summed E-state index contributed by atoms with van der Waals surface area (Å²) < 4.78 is 27.6.